The topological polar surface area (TPSA) is 52.2 Å². The van der Waals surface area contributed by atoms with Gasteiger partial charge in [-0.2, -0.15) is 0 Å². The van der Waals surface area contributed by atoms with E-state index in [-0.39, 0.29) is 5.56 Å². The Kier molecular flexibility index (Phi) is 4.45. The van der Waals surface area contributed by atoms with E-state index >= 15 is 0 Å². The van der Waals surface area contributed by atoms with Gasteiger partial charge in [0.15, 0.2) is 0 Å². The van der Waals surface area contributed by atoms with Crippen molar-refractivity contribution in [3.05, 3.63) is 76.9 Å². The fourth-order valence-corrected chi connectivity index (χ4v) is 4.43. The Bertz CT molecular complexity index is 1060. The van der Waals surface area contributed by atoms with Crippen molar-refractivity contribution in [1.82, 2.24) is 14.9 Å². The van der Waals surface area contributed by atoms with E-state index in [4.69, 9.17) is 0 Å². The molecule has 3 heterocycles. The smallest absolute Gasteiger partial charge is 0.257 e. The average Bonchev–Trinajstić information content (AvgIpc) is 3.25. The van der Waals surface area contributed by atoms with Crippen molar-refractivity contribution in [1.29, 1.82) is 0 Å². The lowest BCUT2D eigenvalue weighted by Gasteiger charge is -2.38. The van der Waals surface area contributed by atoms with Crippen LogP contribution < -0.4 is 10.5 Å². The van der Waals surface area contributed by atoms with E-state index in [0.29, 0.717) is 11.4 Å². The normalized spacial score (nSPS) is 20.5. The van der Waals surface area contributed by atoms with Gasteiger partial charge in [0.05, 0.1) is 10.9 Å². The molecule has 0 bridgehead atoms. The molecule has 5 nitrogen and oxygen atoms in total. The van der Waals surface area contributed by atoms with Gasteiger partial charge in [0.25, 0.3) is 5.56 Å². The molecule has 2 aliphatic rings. The lowest BCUT2D eigenvalue weighted by Crippen LogP contribution is -2.49. The number of para-hydroxylation sites is 1. The van der Waals surface area contributed by atoms with Crippen LogP contribution in [-0.4, -0.2) is 47.1 Å². The minimum absolute atomic E-state index is 0.0542. The van der Waals surface area contributed by atoms with Crippen LogP contribution in [-0.2, 0) is 0 Å². The van der Waals surface area contributed by atoms with Crippen LogP contribution in [0, 0.1) is 0 Å². The fraction of sp³-hybridized carbons (Fsp3) is 0.304. The van der Waals surface area contributed by atoms with Crippen LogP contribution in [0.1, 0.15) is 18.5 Å². The van der Waals surface area contributed by atoms with Crippen molar-refractivity contribution < 1.29 is 0 Å². The summed E-state index contributed by atoms with van der Waals surface area (Å²) in [5.74, 6) is 0. The van der Waals surface area contributed by atoms with Crippen LogP contribution in [0.3, 0.4) is 0 Å². The molecule has 5 rings (SSSR count). The van der Waals surface area contributed by atoms with Gasteiger partial charge < -0.3 is 9.88 Å². The third kappa shape index (κ3) is 3.22. The molecule has 0 unspecified atom stereocenters. The summed E-state index contributed by atoms with van der Waals surface area (Å²) >= 11 is 0. The van der Waals surface area contributed by atoms with Gasteiger partial charge >= 0.3 is 0 Å². The molecule has 3 aromatic rings. The third-order valence-electron chi connectivity index (χ3n) is 5.97. The second-order valence-corrected chi connectivity index (χ2v) is 7.60. The molecule has 1 aromatic carbocycles. The number of H-pyrrole nitrogens is 1. The molecule has 5 heteroatoms. The second-order valence-electron chi connectivity index (χ2n) is 7.60. The molecule has 1 atom stereocenters. The summed E-state index contributed by atoms with van der Waals surface area (Å²) in [5.41, 5.74) is 4.18. The fourth-order valence-electron chi connectivity index (χ4n) is 4.43. The Balaban J connectivity index is 1.31. The lowest BCUT2D eigenvalue weighted by atomic mass is 10.1. The van der Waals surface area contributed by atoms with Crippen LogP contribution in [0.5, 0.6) is 0 Å². The predicted molar refractivity (Wildman–Crippen MR) is 114 cm³/mol. The summed E-state index contributed by atoms with van der Waals surface area (Å²) in [7, 11) is 0. The Morgan fingerprint density at radius 3 is 2.64 bits per heavy atom. The van der Waals surface area contributed by atoms with E-state index in [0.717, 1.165) is 50.2 Å². The molecule has 1 fully saturated rings. The molecule has 0 saturated carbocycles. The number of benzene rings is 1. The average molecular weight is 372 g/mol. The lowest BCUT2D eigenvalue weighted by molar-refractivity contribution is 0.214. The van der Waals surface area contributed by atoms with Crippen molar-refractivity contribution in [2.45, 2.75) is 18.9 Å². The number of aromatic amines is 1. The van der Waals surface area contributed by atoms with Crippen LogP contribution >= 0.6 is 0 Å². The monoisotopic (exact) mass is 372 g/mol. The van der Waals surface area contributed by atoms with Gasteiger partial charge in [-0.1, -0.05) is 24.3 Å². The Labute approximate surface area is 164 Å². The molecule has 0 radical (unpaired) electrons. The molecular formula is C23H24N4O. The van der Waals surface area contributed by atoms with Crippen molar-refractivity contribution in [3.63, 3.8) is 0 Å². The van der Waals surface area contributed by atoms with Gasteiger partial charge in [-0.25, -0.2) is 0 Å². The zero-order valence-corrected chi connectivity index (χ0v) is 15.8. The molecule has 0 spiro atoms. The van der Waals surface area contributed by atoms with Gasteiger partial charge in [0, 0.05) is 49.8 Å². The highest BCUT2D eigenvalue weighted by Crippen LogP contribution is 2.30. The number of hydrogen-bond donors (Lipinski definition) is 1. The van der Waals surface area contributed by atoms with Crippen LogP contribution in [0.25, 0.3) is 16.5 Å². The number of aromatic nitrogens is 2. The van der Waals surface area contributed by atoms with Gasteiger partial charge in [-0.05, 0) is 48.7 Å². The van der Waals surface area contributed by atoms with Crippen LogP contribution in [0.15, 0.2) is 65.6 Å². The van der Waals surface area contributed by atoms with Crippen molar-refractivity contribution in [3.8, 4) is 0 Å². The molecule has 2 aromatic heterocycles. The third-order valence-corrected chi connectivity index (χ3v) is 5.97. The van der Waals surface area contributed by atoms with E-state index in [1.54, 1.807) is 12.3 Å². The molecule has 0 amide bonds. The molecule has 1 N–H and O–H groups in total. The second kappa shape index (κ2) is 7.24. The highest BCUT2D eigenvalue weighted by molar-refractivity contribution is 5.81. The number of anilines is 1. The van der Waals surface area contributed by atoms with E-state index in [2.05, 4.69) is 56.2 Å². The highest BCUT2D eigenvalue weighted by atomic mass is 16.1. The summed E-state index contributed by atoms with van der Waals surface area (Å²) in [6.45, 7) is 4.25. The maximum atomic E-state index is 12.4. The minimum Gasteiger partial charge on any atom is -0.369 e. The van der Waals surface area contributed by atoms with E-state index < -0.39 is 0 Å². The number of pyridine rings is 2. The number of hydrogen-bond acceptors (Lipinski definition) is 4. The van der Waals surface area contributed by atoms with E-state index in [9.17, 15) is 4.79 Å². The predicted octanol–water partition coefficient (Wildman–Crippen LogP) is 3.29. The Morgan fingerprint density at radius 2 is 1.82 bits per heavy atom. The maximum Gasteiger partial charge on any atom is 0.257 e. The molecular weight excluding hydrogens is 348 g/mol. The first-order valence-electron chi connectivity index (χ1n) is 10.0. The quantitative estimate of drug-likeness (QED) is 0.767. The van der Waals surface area contributed by atoms with Crippen molar-refractivity contribution >= 4 is 22.2 Å². The van der Waals surface area contributed by atoms with Gasteiger partial charge in [-0.15, -0.1) is 0 Å². The SMILES string of the molecule is O=c1[nH]c(C2=C[C@H](N3CCN(c4ccccc4)CC3)CC2)cc2ncccc12. The molecule has 142 valence electrons. The van der Waals surface area contributed by atoms with E-state index in [1.165, 1.54) is 11.3 Å². The summed E-state index contributed by atoms with van der Waals surface area (Å²) in [4.78, 5) is 24.8. The van der Waals surface area contributed by atoms with Crippen LogP contribution in [0.2, 0.25) is 0 Å². The standard InChI is InChI=1S/C23H24N4O/c28-23-20-7-4-10-24-22(20)16-21(25-23)17-8-9-19(15-17)27-13-11-26(12-14-27)18-5-2-1-3-6-18/h1-7,10,15-16,19H,8-9,11-14H2,(H,25,28)/t19-/m1/s1. The van der Waals surface area contributed by atoms with Gasteiger partial charge in [0.1, 0.15) is 0 Å². The van der Waals surface area contributed by atoms with Crippen molar-refractivity contribution in [2.24, 2.45) is 0 Å². The largest absolute Gasteiger partial charge is 0.369 e. The zero-order chi connectivity index (χ0) is 18.9. The number of nitrogens with zero attached hydrogens (tertiary/aromatic N) is 3. The summed E-state index contributed by atoms with van der Waals surface area (Å²) in [6.07, 6.45) is 6.20. The molecule has 28 heavy (non-hydrogen) atoms. The number of nitrogens with one attached hydrogen (secondary N) is 1. The Morgan fingerprint density at radius 1 is 1.00 bits per heavy atom. The zero-order valence-electron chi connectivity index (χ0n) is 15.8. The first-order valence-corrected chi connectivity index (χ1v) is 10.0. The first kappa shape index (κ1) is 17.2. The summed E-state index contributed by atoms with van der Waals surface area (Å²) in [6, 6.07) is 16.7. The first-order chi connectivity index (χ1) is 13.8. The minimum atomic E-state index is -0.0542. The molecule has 1 aliphatic carbocycles. The van der Waals surface area contributed by atoms with E-state index in [1.807, 2.05) is 12.1 Å². The highest BCUT2D eigenvalue weighted by Gasteiger charge is 2.27. The number of fused-ring (bicyclic) bond motifs is 1. The van der Waals surface area contributed by atoms with Gasteiger partial charge in [0.2, 0.25) is 0 Å². The van der Waals surface area contributed by atoms with Gasteiger partial charge in [-0.3, -0.25) is 14.7 Å². The van der Waals surface area contributed by atoms with Crippen molar-refractivity contribution in [2.75, 3.05) is 31.1 Å². The maximum absolute atomic E-state index is 12.4. The molecule has 1 saturated heterocycles. The summed E-state index contributed by atoms with van der Waals surface area (Å²) < 4.78 is 0. The summed E-state index contributed by atoms with van der Waals surface area (Å²) in [5, 5.41) is 0.651. The number of allylic oxidation sites excluding steroid dienone is 1. The Hall–Kier alpha value is -2.92. The van der Waals surface area contributed by atoms with Crippen LogP contribution in [0.4, 0.5) is 5.69 Å². The molecule has 1 aliphatic heterocycles. The number of rotatable bonds is 3. The number of piperazine rings is 1.